The van der Waals surface area contributed by atoms with Gasteiger partial charge in [0.25, 0.3) is 0 Å². The van der Waals surface area contributed by atoms with Gasteiger partial charge < -0.3 is 10.6 Å². The Bertz CT molecular complexity index is 480. The van der Waals surface area contributed by atoms with Crippen LogP contribution < -0.4 is 10.6 Å². The number of nitrogens with zero attached hydrogens (tertiary/aromatic N) is 2. The molecule has 0 radical (unpaired) electrons. The van der Waals surface area contributed by atoms with Crippen LogP contribution in [0.3, 0.4) is 0 Å². The van der Waals surface area contributed by atoms with Gasteiger partial charge in [-0.2, -0.15) is 5.10 Å². The van der Waals surface area contributed by atoms with Crippen molar-refractivity contribution in [1.29, 1.82) is 0 Å². The Morgan fingerprint density at radius 2 is 2.36 bits per heavy atom. The molecular weight excluding hydrogens is 413 g/mol. The Kier molecular flexibility index (Phi) is 8.99. The van der Waals surface area contributed by atoms with Crippen molar-refractivity contribution < 1.29 is 4.21 Å². The van der Waals surface area contributed by atoms with E-state index in [0.717, 1.165) is 43.1 Å². The molecule has 0 saturated heterocycles. The molecule has 22 heavy (non-hydrogen) atoms. The minimum Gasteiger partial charge on any atom is -0.354 e. The number of aromatic nitrogens is 2. The summed E-state index contributed by atoms with van der Waals surface area (Å²) < 4.78 is 12.0. The van der Waals surface area contributed by atoms with Gasteiger partial charge in [-0.25, -0.2) is 0 Å². The highest BCUT2D eigenvalue weighted by Crippen LogP contribution is 2.22. The van der Waals surface area contributed by atoms with Crippen LogP contribution in [0.2, 0.25) is 0 Å². The molecule has 3 N–H and O–H groups in total. The third-order valence-electron chi connectivity index (χ3n) is 3.85. The van der Waals surface area contributed by atoms with E-state index in [1.165, 1.54) is 0 Å². The molecule has 0 aliphatic heterocycles. The van der Waals surface area contributed by atoms with Gasteiger partial charge in [-0.15, -0.1) is 24.0 Å². The molecule has 0 spiro atoms. The largest absolute Gasteiger partial charge is 0.354 e. The molecule has 1 aromatic rings. The van der Waals surface area contributed by atoms with Gasteiger partial charge in [0.2, 0.25) is 0 Å². The summed E-state index contributed by atoms with van der Waals surface area (Å²) in [5.41, 5.74) is 1.02. The quantitative estimate of drug-likeness (QED) is 0.371. The maximum Gasteiger partial charge on any atom is 0.191 e. The molecule has 1 fully saturated rings. The van der Waals surface area contributed by atoms with E-state index in [4.69, 9.17) is 0 Å². The molecule has 126 valence electrons. The van der Waals surface area contributed by atoms with E-state index in [1.54, 1.807) is 13.2 Å². The molecule has 0 aromatic carbocycles. The smallest absolute Gasteiger partial charge is 0.191 e. The number of halogens is 1. The minimum atomic E-state index is -0.692. The van der Waals surface area contributed by atoms with Crippen LogP contribution >= 0.6 is 24.0 Å². The Morgan fingerprint density at radius 3 is 3.00 bits per heavy atom. The van der Waals surface area contributed by atoms with Gasteiger partial charge in [-0.05, 0) is 25.3 Å². The third kappa shape index (κ3) is 5.86. The first kappa shape index (κ1) is 19.4. The van der Waals surface area contributed by atoms with Gasteiger partial charge in [0, 0.05) is 41.1 Å². The predicted octanol–water partition coefficient (Wildman–Crippen LogP) is 1.77. The SMILES string of the molecule is CCS(=O)C1CCCC(NC(=NC)NCc2ccn[nH]2)C1.I. The summed E-state index contributed by atoms with van der Waals surface area (Å²) in [6.45, 7) is 2.66. The van der Waals surface area contributed by atoms with Gasteiger partial charge in [0.1, 0.15) is 0 Å². The fraction of sp³-hybridized carbons (Fsp3) is 0.714. The van der Waals surface area contributed by atoms with Gasteiger partial charge in [-0.3, -0.25) is 14.3 Å². The minimum absolute atomic E-state index is 0. The fourth-order valence-corrected chi connectivity index (χ4v) is 4.05. The van der Waals surface area contributed by atoms with Crippen LogP contribution in [0.25, 0.3) is 0 Å². The van der Waals surface area contributed by atoms with Gasteiger partial charge in [0.15, 0.2) is 5.96 Å². The number of hydrogen-bond donors (Lipinski definition) is 3. The molecule has 1 heterocycles. The molecule has 8 heteroatoms. The van der Waals surface area contributed by atoms with Crippen LogP contribution in [0.15, 0.2) is 17.3 Å². The van der Waals surface area contributed by atoms with Crippen molar-refractivity contribution in [2.45, 2.75) is 50.4 Å². The average Bonchev–Trinajstić information content (AvgIpc) is 3.04. The molecule has 1 aromatic heterocycles. The van der Waals surface area contributed by atoms with Crippen molar-refractivity contribution >= 4 is 40.7 Å². The highest BCUT2D eigenvalue weighted by atomic mass is 127. The van der Waals surface area contributed by atoms with Gasteiger partial charge in [-0.1, -0.05) is 13.3 Å². The van der Waals surface area contributed by atoms with Crippen molar-refractivity contribution in [3.63, 3.8) is 0 Å². The number of aromatic amines is 1. The van der Waals surface area contributed by atoms with Crippen LogP contribution in [0.5, 0.6) is 0 Å². The van der Waals surface area contributed by atoms with Crippen molar-refractivity contribution in [2.75, 3.05) is 12.8 Å². The van der Waals surface area contributed by atoms with E-state index in [-0.39, 0.29) is 24.0 Å². The summed E-state index contributed by atoms with van der Waals surface area (Å²) in [4.78, 5) is 4.26. The molecule has 3 atom stereocenters. The van der Waals surface area contributed by atoms with E-state index in [1.807, 2.05) is 13.0 Å². The van der Waals surface area contributed by atoms with Crippen molar-refractivity contribution in [3.8, 4) is 0 Å². The third-order valence-corrected chi connectivity index (χ3v) is 5.59. The maximum atomic E-state index is 12.0. The lowest BCUT2D eigenvalue weighted by Gasteiger charge is -2.30. The van der Waals surface area contributed by atoms with Crippen molar-refractivity contribution in [1.82, 2.24) is 20.8 Å². The van der Waals surface area contributed by atoms with Crippen LogP contribution in [0.4, 0.5) is 0 Å². The molecule has 0 bridgehead atoms. The highest BCUT2D eigenvalue weighted by molar-refractivity contribution is 14.0. The number of hydrogen-bond acceptors (Lipinski definition) is 3. The monoisotopic (exact) mass is 439 g/mol. The number of guanidine groups is 1. The van der Waals surface area contributed by atoms with E-state index >= 15 is 0 Å². The second-order valence-corrected chi connectivity index (χ2v) is 7.31. The lowest BCUT2D eigenvalue weighted by molar-refractivity contribution is 0.413. The topological polar surface area (TPSA) is 82.2 Å². The first-order valence-electron chi connectivity index (χ1n) is 7.55. The van der Waals surface area contributed by atoms with E-state index in [0.29, 0.717) is 17.8 Å². The summed E-state index contributed by atoms with van der Waals surface area (Å²) in [6.07, 6.45) is 6.02. The Labute approximate surface area is 151 Å². The fourth-order valence-electron chi connectivity index (χ4n) is 2.70. The Morgan fingerprint density at radius 1 is 1.55 bits per heavy atom. The molecule has 1 aliphatic rings. The second-order valence-electron chi connectivity index (χ2n) is 5.31. The molecule has 3 unspecified atom stereocenters. The molecule has 1 saturated carbocycles. The summed E-state index contributed by atoms with van der Waals surface area (Å²) in [5, 5.41) is 13.9. The van der Waals surface area contributed by atoms with Crippen molar-refractivity contribution in [3.05, 3.63) is 18.0 Å². The first-order valence-corrected chi connectivity index (χ1v) is 8.93. The van der Waals surface area contributed by atoms with Crippen LogP contribution in [-0.2, 0) is 17.3 Å². The molecular formula is C14H26IN5OS. The standard InChI is InChI=1S/C14H25N5OS.HI/c1-3-21(20)13-6-4-5-11(9-13)18-14(15-2)16-10-12-7-8-17-19-12;/h7-8,11,13H,3-6,9-10H2,1-2H3,(H,17,19)(H2,15,16,18);1H. The van der Waals surface area contributed by atoms with Crippen LogP contribution in [0, 0.1) is 0 Å². The number of nitrogens with one attached hydrogen (secondary N) is 3. The average molecular weight is 439 g/mol. The lowest BCUT2D eigenvalue weighted by Crippen LogP contribution is -2.46. The zero-order valence-electron chi connectivity index (χ0n) is 13.2. The lowest BCUT2D eigenvalue weighted by atomic mass is 9.95. The first-order chi connectivity index (χ1) is 10.2. The normalized spacial score (nSPS) is 23.5. The van der Waals surface area contributed by atoms with Crippen LogP contribution in [-0.4, -0.2) is 44.5 Å². The maximum absolute atomic E-state index is 12.0. The van der Waals surface area contributed by atoms with Crippen LogP contribution in [0.1, 0.15) is 38.3 Å². The number of rotatable bonds is 5. The summed E-state index contributed by atoms with van der Waals surface area (Å²) in [7, 11) is 1.08. The van der Waals surface area contributed by atoms with Crippen molar-refractivity contribution in [2.24, 2.45) is 4.99 Å². The number of H-pyrrole nitrogens is 1. The molecule has 6 nitrogen and oxygen atoms in total. The summed E-state index contributed by atoms with van der Waals surface area (Å²) >= 11 is 0. The second kappa shape index (κ2) is 10.2. The molecule has 2 rings (SSSR count). The zero-order valence-corrected chi connectivity index (χ0v) is 16.3. The zero-order chi connectivity index (χ0) is 15.1. The highest BCUT2D eigenvalue weighted by Gasteiger charge is 2.25. The van der Waals surface area contributed by atoms with Gasteiger partial charge in [0.05, 0.1) is 12.2 Å². The Balaban J connectivity index is 0.00000242. The Hall–Kier alpha value is -0.640. The summed E-state index contributed by atoms with van der Waals surface area (Å²) in [6, 6.07) is 2.29. The predicted molar refractivity (Wildman–Crippen MR) is 102 cm³/mol. The van der Waals surface area contributed by atoms with E-state index < -0.39 is 10.8 Å². The van der Waals surface area contributed by atoms with E-state index in [2.05, 4.69) is 25.8 Å². The van der Waals surface area contributed by atoms with Gasteiger partial charge >= 0.3 is 0 Å². The molecule has 0 amide bonds. The van der Waals surface area contributed by atoms with E-state index in [9.17, 15) is 4.21 Å². The molecule has 1 aliphatic carbocycles. The summed E-state index contributed by atoms with van der Waals surface area (Å²) in [5.74, 6) is 1.54. The number of aliphatic imine (C=N–C) groups is 1.